The summed E-state index contributed by atoms with van der Waals surface area (Å²) in [4.78, 5) is 0. The molecule has 0 fully saturated rings. The van der Waals surface area contributed by atoms with E-state index in [4.69, 9.17) is 9.47 Å². The van der Waals surface area contributed by atoms with Gasteiger partial charge >= 0.3 is 0 Å². The van der Waals surface area contributed by atoms with Gasteiger partial charge in [-0.1, -0.05) is 30.3 Å². The van der Waals surface area contributed by atoms with Crippen LogP contribution in [-0.4, -0.2) is 25.9 Å². The zero-order chi connectivity index (χ0) is 15.5. The van der Waals surface area contributed by atoms with Gasteiger partial charge in [0, 0.05) is 0 Å². The molecule has 0 spiro atoms. The van der Waals surface area contributed by atoms with E-state index in [1.54, 1.807) is 14.2 Å². The summed E-state index contributed by atoms with van der Waals surface area (Å²) in [6.07, 6.45) is 0.312. The molecule has 0 radical (unpaired) electrons. The lowest BCUT2D eigenvalue weighted by molar-refractivity contribution is 0.125. The molecule has 0 unspecified atom stereocenters. The fourth-order valence-electron chi connectivity index (χ4n) is 3.04. The van der Waals surface area contributed by atoms with Gasteiger partial charge in [-0.15, -0.1) is 0 Å². The first kappa shape index (κ1) is 14.9. The molecule has 2 aromatic rings. The molecule has 2 aromatic carbocycles. The monoisotopic (exact) mass is 299 g/mol. The van der Waals surface area contributed by atoms with Crippen LogP contribution in [0, 0.1) is 0 Å². The Morgan fingerprint density at radius 3 is 2.45 bits per heavy atom. The zero-order valence-corrected chi connectivity index (χ0v) is 12.9. The molecule has 4 heteroatoms. The highest BCUT2D eigenvalue weighted by atomic mass is 16.5. The first-order valence-corrected chi connectivity index (χ1v) is 7.45. The minimum absolute atomic E-state index is 0.147. The molecule has 0 saturated heterocycles. The maximum Gasteiger partial charge on any atom is 0.161 e. The lowest BCUT2D eigenvalue weighted by Crippen LogP contribution is -2.34. The van der Waals surface area contributed by atoms with Gasteiger partial charge in [0.15, 0.2) is 11.5 Å². The van der Waals surface area contributed by atoms with Crippen LogP contribution in [0.3, 0.4) is 0 Å². The van der Waals surface area contributed by atoms with Gasteiger partial charge in [0.25, 0.3) is 0 Å². The van der Waals surface area contributed by atoms with E-state index in [1.165, 1.54) is 5.56 Å². The van der Waals surface area contributed by atoms with E-state index >= 15 is 0 Å². The summed E-state index contributed by atoms with van der Waals surface area (Å²) in [6, 6.07) is 13.6. The highest BCUT2D eigenvalue weighted by Crippen LogP contribution is 2.39. The molecular formula is C18H21NO3. The molecule has 0 amide bonds. The predicted octanol–water partition coefficient (Wildman–Crippen LogP) is 2.62. The van der Waals surface area contributed by atoms with E-state index in [0.29, 0.717) is 5.75 Å². The molecule has 2 N–H and O–H groups in total. The minimum atomic E-state index is -0.599. The van der Waals surface area contributed by atoms with Crippen LogP contribution in [0.25, 0.3) is 0 Å². The molecule has 0 aliphatic carbocycles. The Morgan fingerprint density at radius 1 is 1.09 bits per heavy atom. The van der Waals surface area contributed by atoms with Crippen LogP contribution in [0.1, 0.15) is 28.8 Å². The van der Waals surface area contributed by atoms with Gasteiger partial charge in [-0.2, -0.15) is 0 Å². The van der Waals surface area contributed by atoms with Gasteiger partial charge in [0.05, 0.1) is 26.4 Å². The van der Waals surface area contributed by atoms with Crippen LogP contribution >= 0.6 is 0 Å². The summed E-state index contributed by atoms with van der Waals surface area (Å²) < 4.78 is 10.8. The second-order valence-corrected chi connectivity index (χ2v) is 5.44. The molecule has 1 heterocycles. The van der Waals surface area contributed by atoms with Crippen molar-refractivity contribution in [1.29, 1.82) is 0 Å². The fourth-order valence-corrected chi connectivity index (χ4v) is 3.04. The van der Waals surface area contributed by atoms with Crippen LogP contribution in [-0.2, 0) is 6.42 Å². The van der Waals surface area contributed by atoms with Gasteiger partial charge in [0.2, 0.25) is 0 Å². The van der Waals surface area contributed by atoms with Crippen LogP contribution in [0.2, 0.25) is 0 Å². The average molecular weight is 299 g/mol. The number of aliphatic hydroxyl groups excluding tert-OH is 1. The Balaban J connectivity index is 2.00. The number of aliphatic hydroxyl groups is 1. The van der Waals surface area contributed by atoms with E-state index in [2.05, 4.69) is 5.32 Å². The Labute approximate surface area is 130 Å². The van der Waals surface area contributed by atoms with Crippen molar-refractivity contribution < 1.29 is 14.6 Å². The molecule has 4 nitrogen and oxygen atoms in total. The van der Waals surface area contributed by atoms with E-state index in [1.807, 2.05) is 42.5 Å². The molecule has 0 bridgehead atoms. The Bertz CT molecular complexity index is 642. The number of hydrogen-bond donors (Lipinski definition) is 2. The molecule has 0 aromatic heterocycles. The smallest absolute Gasteiger partial charge is 0.161 e. The minimum Gasteiger partial charge on any atom is -0.493 e. The van der Waals surface area contributed by atoms with Crippen molar-refractivity contribution in [3.05, 3.63) is 59.2 Å². The van der Waals surface area contributed by atoms with Crippen molar-refractivity contribution in [2.45, 2.75) is 18.6 Å². The molecule has 1 aliphatic heterocycles. The normalized spacial score (nSPS) is 18.4. The van der Waals surface area contributed by atoms with Crippen molar-refractivity contribution in [2.24, 2.45) is 0 Å². The molecule has 0 saturated carbocycles. The van der Waals surface area contributed by atoms with Crippen LogP contribution in [0.5, 0.6) is 11.5 Å². The topological polar surface area (TPSA) is 50.7 Å². The van der Waals surface area contributed by atoms with Gasteiger partial charge in [-0.05, 0) is 41.8 Å². The number of hydrogen-bond acceptors (Lipinski definition) is 4. The van der Waals surface area contributed by atoms with Gasteiger partial charge in [-0.25, -0.2) is 0 Å². The molecule has 1 aliphatic rings. The maximum atomic E-state index is 10.7. The maximum absolute atomic E-state index is 10.7. The number of rotatable bonds is 4. The third-order valence-electron chi connectivity index (χ3n) is 4.20. The number of ether oxygens (including phenoxy) is 2. The second kappa shape index (κ2) is 6.38. The van der Waals surface area contributed by atoms with E-state index in [9.17, 15) is 5.11 Å². The van der Waals surface area contributed by atoms with Crippen LogP contribution in [0.15, 0.2) is 42.5 Å². The lowest BCUT2D eigenvalue weighted by Gasteiger charge is -2.31. The fraction of sp³-hybridized carbons (Fsp3) is 0.333. The summed E-state index contributed by atoms with van der Waals surface area (Å²) in [7, 11) is 3.27. The van der Waals surface area contributed by atoms with Crippen LogP contribution < -0.4 is 14.8 Å². The number of fused-ring (bicyclic) bond motifs is 1. The number of nitrogens with one attached hydrogen (secondary N) is 1. The third kappa shape index (κ3) is 2.67. The standard InChI is InChI=1S/C18H21NO3/c1-21-15-10-13-8-9-19-17(14(13)11-16(15)22-2)18(20)12-6-4-3-5-7-12/h3-7,10-11,17-20H,8-9H2,1-2H3/t17-,18-/m1/s1. The Kier molecular flexibility index (Phi) is 4.32. The highest BCUT2D eigenvalue weighted by molar-refractivity contribution is 5.50. The quantitative estimate of drug-likeness (QED) is 0.911. The number of benzene rings is 2. The van der Waals surface area contributed by atoms with Crippen molar-refractivity contribution in [1.82, 2.24) is 5.32 Å². The largest absolute Gasteiger partial charge is 0.493 e. The van der Waals surface area contributed by atoms with E-state index in [0.717, 1.165) is 29.8 Å². The van der Waals surface area contributed by atoms with Crippen molar-refractivity contribution >= 4 is 0 Å². The third-order valence-corrected chi connectivity index (χ3v) is 4.20. The SMILES string of the molecule is COc1cc2c(cc1OC)[C@H]([C@H](O)c1ccccc1)NCC2. The molecule has 22 heavy (non-hydrogen) atoms. The first-order chi connectivity index (χ1) is 10.7. The summed E-state index contributed by atoms with van der Waals surface area (Å²) in [5, 5.41) is 14.2. The molecule has 2 atom stereocenters. The molecular weight excluding hydrogens is 278 g/mol. The zero-order valence-electron chi connectivity index (χ0n) is 12.9. The molecule has 116 valence electrons. The van der Waals surface area contributed by atoms with Crippen molar-refractivity contribution in [3.63, 3.8) is 0 Å². The Hall–Kier alpha value is -2.04. The van der Waals surface area contributed by atoms with Gasteiger partial charge in [-0.3, -0.25) is 0 Å². The van der Waals surface area contributed by atoms with Gasteiger partial charge < -0.3 is 19.9 Å². The van der Waals surface area contributed by atoms with Crippen molar-refractivity contribution in [2.75, 3.05) is 20.8 Å². The first-order valence-electron chi connectivity index (χ1n) is 7.45. The summed E-state index contributed by atoms with van der Waals surface area (Å²) in [6.45, 7) is 0.830. The number of methoxy groups -OCH3 is 2. The summed E-state index contributed by atoms with van der Waals surface area (Å²) in [5.74, 6) is 1.42. The summed E-state index contributed by atoms with van der Waals surface area (Å²) >= 11 is 0. The van der Waals surface area contributed by atoms with Crippen LogP contribution in [0.4, 0.5) is 0 Å². The van der Waals surface area contributed by atoms with Gasteiger partial charge in [0.1, 0.15) is 0 Å². The van der Waals surface area contributed by atoms with Crippen molar-refractivity contribution in [3.8, 4) is 11.5 Å². The predicted molar refractivity (Wildman–Crippen MR) is 85.4 cm³/mol. The van der Waals surface area contributed by atoms with E-state index in [-0.39, 0.29) is 6.04 Å². The molecule has 3 rings (SSSR count). The average Bonchev–Trinajstić information content (AvgIpc) is 2.60. The second-order valence-electron chi connectivity index (χ2n) is 5.44. The Morgan fingerprint density at radius 2 is 1.77 bits per heavy atom. The summed E-state index contributed by atoms with van der Waals surface area (Å²) in [5.41, 5.74) is 3.17. The highest BCUT2D eigenvalue weighted by Gasteiger charge is 2.28. The lowest BCUT2D eigenvalue weighted by atomic mass is 9.88. The van der Waals surface area contributed by atoms with E-state index < -0.39 is 6.10 Å².